The molecule has 5 rings (SSSR count). The molecule has 35 heavy (non-hydrogen) atoms. The first-order valence-corrected chi connectivity index (χ1v) is 12.3. The molecule has 184 valence electrons. The Morgan fingerprint density at radius 3 is 2.54 bits per heavy atom. The van der Waals surface area contributed by atoms with Crippen molar-refractivity contribution in [1.29, 1.82) is 0 Å². The normalized spacial score (nSPS) is 21.5. The Labute approximate surface area is 205 Å². The van der Waals surface area contributed by atoms with Crippen LogP contribution >= 0.6 is 0 Å². The molecule has 0 saturated heterocycles. The van der Waals surface area contributed by atoms with Gasteiger partial charge in [0.25, 0.3) is 5.91 Å². The SMILES string of the molecule is COc1ccc2c(-c3ccc(C(N)=O)c(N[C@H]4CC[C@H](O)CC4)c3)c3n(c2c1)C(=O)CC(C)(C)C3. The standard InChI is InChI=1S/C28H33N3O4/c1-28(2)14-24-26(21-11-9-19(35-3)13-23(21)31(24)25(33)15-28)16-4-10-20(27(29)34)22(12-16)30-17-5-7-18(32)8-6-17/h4,9-13,17-18,30,32H,5-8,14-15H2,1-3H3,(H2,29,34)/t17-,18-. The molecule has 0 bridgehead atoms. The van der Waals surface area contributed by atoms with Crippen LogP contribution in [0.4, 0.5) is 5.69 Å². The van der Waals surface area contributed by atoms with Crippen molar-refractivity contribution in [3.05, 3.63) is 47.7 Å². The van der Waals surface area contributed by atoms with E-state index in [9.17, 15) is 14.7 Å². The Morgan fingerprint density at radius 2 is 1.86 bits per heavy atom. The summed E-state index contributed by atoms with van der Waals surface area (Å²) in [6, 6.07) is 11.7. The van der Waals surface area contributed by atoms with E-state index in [1.54, 1.807) is 13.2 Å². The topological polar surface area (TPSA) is 107 Å². The molecular formula is C28H33N3O4. The van der Waals surface area contributed by atoms with Gasteiger partial charge in [-0.25, -0.2) is 0 Å². The van der Waals surface area contributed by atoms with Crippen LogP contribution in [0.2, 0.25) is 0 Å². The molecule has 2 aliphatic rings. The van der Waals surface area contributed by atoms with Gasteiger partial charge >= 0.3 is 0 Å². The second-order valence-corrected chi connectivity index (χ2v) is 10.7. The number of anilines is 1. The van der Waals surface area contributed by atoms with Gasteiger partial charge < -0.3 is 20.9 Å². The van der Waals surface area contributed by atoms with E-state index in [-0.39, 0.29) is 23.5 Å². The van der Waals surface area contributed by atoms with Gasteiger partial charge in [-0.05, 0) is 67.3 Å². The lowest BCUT2D eigenvalue weighted by Gasteiger charge is -2.31. The minimum absolute atomic E-state index is 0.0774. The molecule has 0 spiro atoms. The molecule has 0 atom stereocenters. The third kappa shape index (κ3) is 4.29. The number of carbonyl (C=O) groups is 2. The Balaban J connectivity index is 1.67. The maximum atomic E-state index is 13.3. The number of primary amides is 1. The van der Waals surface area contributed by atoms with E-state index in [0.29, 0.717) is 23.4 Å². The zero-order valence-corrected chi connectivity index (χ0v) is 20.6. The van der Waals surface area contributed by atoms with Crippen molar-refractivity contribution in [2.45, 2.75) is 64.5 Å². The van der Waals surface area contributed by atoms with E-state index < -0.39 is 5.91 Å². The maximum Gasteiger partial charge on any atom is 0.250 e. The number of ether oxygens (including phenoxy) is 1. The van der Waals surface area contributed by atoms with Crippen molar-refractivity contribution in [3.8, 4) is 16.9 Å². The van der Waals surface area contributed by atoms with Crippen molar-refractivity contribution >= 4 is 28.4 Å². The zero-order valence-electron chi connectivity index (χ0n) is 20.6. The summed E-state index contributed by atoms with van der Waals surface area (Å²) in [6.07, 6.45) is 4.10. The van der Waals surface area contributed by atoms with Crippen molar-refractivity contribution in [2.24, 2.45) is 11.1 Å². The molecule has 0 radical (unpaired) electrons. The number of nitrogens with one attached hydrogen (secondary N) is 1. The third-order valence-electron chi connectivity index (χ3n) is 7.43. The minimum atomic E-state index is -0.486. The molecule has 1 aromatic heterocycles. The summed E-state index contributed by atoms with van der Waals surface area (Å²) >= 11 is 0. The van der Waals surface area contributed by atoms with Gasteiger partial charge in [0, 0.05) is 40.9 Å². The molecule has 7 heteroatoms. The van der Waals surface area contributed by atoms with Crippen LogP contribution in [-0.4, -0.2) is 40.7 Å². The number of nitrogens with two attached hydrogens (primary N) is 1. The van der Waals surface area contributed by atoms with Gasteiger partial charge in [0.1, 0.15) is 5.75 Å². The molecule has 0 unspecified atom stereocenters. The predicted octanol–water partition coefficient (Wildman–Crippen LogP) is 4.74. The number of amides is 1. The predicted molar refractivity (Wildman–Crippen MR) is 137 cm³/mol. The van der Waals surface area contributed by atoms with E-state index >= 15 is 0 Å². The van der Waals surface area contributed by atoms with Gasteiger partial charge in [-0.1, -0.05) is 19.9 Å². The van der Waals surface area contributed by atoms with Gasteiger partial charge in [0.15, 0.2) is 0 Å². The van der Waals surface area contributed by atoms with Crippen LogP contribution in [0.15, 0.2) is 36.4 Å². The number of benzene rings is 2. The van der Waals surface area contributed by atoms with Crippen LogP contribution in [-0.2, 0) is 6.42 Å². The molecule has 4 N–H and O–H groups in total. The van der Waals surface area contributed by atoms with E-state index in [0.717, 1.165) is 59.8 Å². The quantitative estimate of drug-likeness (QED) is 0.494. The van der Waals surface area contributed by atoms with Crippen LogP contribution < -0.4 is 15.8 Å². The number of aromatic nitrogens is 1. The van der Waals surface area contributed by atoms with Crippen LogP contribution in [0.5, 0.6) is 5.75 Å². The van der Waals surface area contributed by atoms with E-state index in [2.05, 4.69) is 19.2 Å². The average Bonchev–Trinajstić information content (AvgIpc) is 3.12. The van der Waals surface area contributed by atoms with Crippen LogP contribution in [0.3, 0.4) is 0 Å². The summed E-state index contributed by atoms with van der Waals surface area (Å²) in [4.78, 5) is 25.5. The summed E-state index contributed by atoms with van der Waals surface area (Å²) in [6.45, 7) is 4.24. The molecule has 2 heterocycles. The highest BCUT2D eigenvalue weighted by atomic mass is 16.5. The van der Waals surface area contributed by atoms with Crippen molar-refractivity contribution in [1.82, 2.24) is 4.57 Å². The highest BCUT2D eigenvalue weighted by Gasteiger charge is 2.35. The summed E-state index contributed by atoms with van der Waals surface area (Å²) in [5.41, 5.74) is 10.4. The molecule has 1 fully saturated rings. The smallest absolute Gasteiger partial charge is 0.250 e. The number of fused-ring (bicyclic) bond motifs is 3. The molecule has 2 aromatic carbocycles. The van der Waals surface area contributed by atoms with E-state index in [1.165, 1.54) is 0 Å². The van der Waals surface area contributed by atoms with Gasteiger partial charge in [0.05, 0.1) is 24.3 Å². The molecule has 1 amide bonds. The molecule has 7 nitrogen and oxygen atoms in total. The fourth-order valence-electron chi connectivity index (χ4n) is 5.70. The first-order valence-electron chi connectivity index (χ1n) is 12.3. The van der Waals surface area contributed by atoms with Crippen LogP contribution in [0.25, 0.3) is 22.0 Å². The highest BCUT2D eigenvalue weighted by Crippen LogP contribution is 2.44. The second-order valence-electron chi connectivity index (χ2n) is 10.7. The zero-order chi connectivity index (χ0) is 24.9. The largest absolute Gasteiger partial charge is 0.497 e. The van der Waals surface area contributed by atoms with Crippen molar-refractivity contribution < 1.29 is 19.4 Å². The number of aliphatic hydroxyl groups is 1. The van der Waals surface area contributed by atoms with Gasteiger partial charge in [-0.2, -0.15) is 0 Å². The van der Waals surface area contributed by atoms with Crippen LogP contribution in [0.1, 0.15) is 66.8 Å². The molecule has 1 saturated carbocycles. The monoisotopic (exact) mass is 475 g/mol. The molecule has 1 aliphatic heterocycles. The number of nitrogens with zero attached hydrogens (tertiary/aromatic N) is 1. The van der Waals surface area contributed by atoms with Gasteiger partial charge in [0.2, 0.25) is 5.91 Å². The number of rotatable bonds is 5. The fraction of sp³-hybridized carbons (Fsp3) is 0.429. The Morgan fingerprint density at radius 1 is 1.11 bits per heavy atom. The number of hydrogen-bond acceptors (Lipinski definition) is 5. The number of aliphatic hydroxyl groups excluding tert-OH is 1. The summed E-state index contributed by atoms with van der Waals surface area (Å²) in [5.74, 6) is 0.293. The number of methoxy groups -OCH3 is 1. The average molecular weight is 476 g/mol. The van der Waals surface area contributed by atoms with Crippen molar-refractivity contribution in [3.63, 3.8) is 0 Å². The Hall–Kier alpha value is -3.32. The first kappa shape index (κ1) is 23.4. The van der Waals surface area contributed by atoms with E-state index in [1.807, 2.05) is 34.9 Å². The molecule has 1 aliphatic carbocycles. The van der Waals surface area contributed by atoms with Crippen molar-refractivity contribution in [2.75, 3.05) is 12.4 Å². The summed E-state index contributed by atoms with van der Waals surface area (Å²) < 4.78 is 7.30. The lowest BCUT2D eigenvalue weighted by Crippen LogP contribution is -2.31. The van der Waals surface area contributed by atoms with E-state index in [4.69, 9.17) is 10.5 Å². The van der Waals surface area contributed by atoms with Crippen LogP contribution in [0, 0.1) is 5.41 Å². The Bertz CT molecular complexity index is 1320. The minimum Gasteiger partial charge on any atom is -0.497 e. The first-order chi connectivity index (χ1) is 16.7. The third-order valence-corrected chi connectivity index (χ3v) is 7.43. The summed E-state index contributed by atoms with van der Waals surface area (Å²) in [5, 5.41) is 14.4. The lowest BCUT2D eigenvalue weighted by atomic mass is 9.80. The number of carbonyl (C=O) groups excluding carboxylic acids is 2. The number of hydrogen-bond donors (Lipinski definition) is 3. The van der Waals surface area contributed by atoms with Gasteiger partial charge in [-0.3, -0.25) is 14.2 Å². The summed E-state index contributed by atoms with van der Waals surface area (Å²) in [7, 11) is 1.62. The Kier molecular flexibility index (Phi) is 5.83. The molecular weight excluding hydrogens is 442 g/mol. The lowest BCUT2D eigenvalue weighted by molar-refractivity contribution is 0.0816. The maximum absolute atomic E-state index is 13.3. The van der Waals surface area contributed by atoms with Gasteiger partial charge in [-0.15, -0.1) is 0 Å². The highest BCUT2D eigenvalue weighted by molar-refractivity contribution is 6.06. The molecule has 3 aromatic rings. The fourth-order valence-corrected chi connectivity index (χ4v) is 5.70. The second kappa shape index (κ2) is 8.72.